The number of thioether (sulfide) groups is 1. The Morgan fingerprint density at radius 3 is 2.38 bits per heavy atom. The van der Waals surface area contributed by atoms with Crippen LogP contribution in [0.5, 0.6) is 0 Å². The van der Waals surface area contributed by atoms with E-state index in [0.717, 1.165) is 18.2 Å². The lowest BCUT2D eigenvalue weighted by Gasteiger charge is -2.13. The molecule has 1 unspecified atom stereocenters. The molecule has 0 saturated carbocycles. The van der Waals surface area contributed by atoms with Crippen LogP contribution in [-0.2, 0) is 14.4 Å². The Balaban J connectivity index is 3.87. The summed E-state index contributed by atoms with van der Waals surface area (Å²) in [5.74, 6) is -1.10. The molecule has 0 saturated heterocycles. The van der Waals surface area contributed by atoms with Gasteiger partial charge >= 0.3 is 5.97 Å². The summed E-state index contributed by atoms with van der Waals surface area (Å²) in [6.07, 6.45) is 0.655. The molecular formula is C10H17NO4S. The fourth-order valence-corrected chi connectivity index (χ4v) is 1.91. The highest BCUT2D eigenvalue weighted by Gasteiger charge is 2.14. The molecule has 0 aromatic carbocycles. The molecule has 0 radical (unpaired) electrons. The zero-order valence-corrected chi connectivity index (χ0v) is 10.3. The molecule has 6 heteroatoms. The van der Waals surface area contributed by atoms with Crippen LogP contribution in [0.2, 0.25) is 0 Å². The molecule has 0 fully saturated rings. The Labute approximate surface area is 99.0 Å². The van der Waals surface area contributed by atoms with Crippen molar-refractivity contribution >= 4 is 28.8 Å². The van der Waals surface area contributed by atoms with Gasteiger partial charge in [0, 0.05) is 25.1 Å². The first kappa shape index (κ1) is 15.0. The van der Waals surface area contributed by atoms with Crippen LogP contribution < -0.4 is 5.32 Å². The van der Waals surface area contributed by atoms with Gasteiger partial charge in [-0.25, -0.2) is 0 Å². The molecule has 0 aliphatic heterocycles. The Kier molecular flexibility index (Phi) is 7.62. The second-order valence-electron chi connectivity index (χ2n) is 3.35. The van der Waals surface area contributed by atoms with Crippen molar-refractivity contribution < 1.29 is 19.5 Å². The van der Waals surface area contributed by atoms with Crippen LogP contribution in [0.3, 0.4) is 0 Å². The summed E-state index contributed by atoms with van der Waals surface area (Å²) in [7, 11) is 0. The van der Waals surface area contributed by atoms with Gasteiger partial charge in [0.05, 0.1) is 6.42 Å². The predicted octanol–water partition coefficient (Wildman–Crippen LogP) is 1.03. The molecule has 0 bridgehead atoms. The monoisotopic (exact) mass is 247 g/mol. The van der Waals surface area contributed by atoms with Crippen LogP contribution in [0.1, 0.15) is 33.1 Å². The van der Waals surface area contributed by atoms with Crippen molar-refractivity contribution in [3.63, 3.8) is 0 Å². The third-order valence-electron chi connectivity index (χ3n) is 1.88. The second kappa shape index (κ2) is 8.15. The Morgan fingerprint density at radius 2 is 1.94 bits per heavy atom. The summed E-state index contributed by atoms with van der Waals surface area (Å²) < 4.78 is 0. The van der Waals surface area contributed by atoms with Gasteiger partial charge in [-0.05, 0) is 6.42 Å². The van der Waals surface area contributed by atoms with Crippen LogP contribution in [0.4, 0.5) is 0 Å². The minimum Gasteiger partial charge on any atom is -0.481 e. The van der Waals surface area contributed by atoms with Crippen LogP contribution >= 0.6 is 11.8 Å². The number of carboxylic acids is 1. The van der Waals surface area contributed by atoms with Crippen molar-refractivity contribution in [3.8, 4) is 0 Å². The molecule has 0 aromatic heterocycles. The van der Waals surface area contributed by atoms with E-state index in [-0.39, 0.29) is 29.1 Å². The van der Waals surface area contributed by atoms with Crippen molar-refractivity contribution in [1.82, 2.24) is 5.32 Å². The molecule has 0 spiro atoms. The highest BCUT2D eigenvalue weighted by Crippen LogP contribution is 2.17. The van der Waals surface area contributed by atoms with Gasteiger partial charge in [-0.1, -0.05) is 18.7 Å². The fraction of sp³-hybridized carbons (Fsp3) is 0.700. The topological polar surface area (TPSA) is 83.5 Å². The van der Waals surface area contributed by atoms with E-state index >= 15 is 0 Å². The molecule has 2 N–H and O–H groups in total. The second-order valence-corrected chi connectivity index (χ2v) is 4.71. The molecule has 16 heavy (non-hydrogen) atoms. The molecule has 0 aromatic rings. The zero-order valence-electron chi connectivity index (χ0n) is 9.49. The molecule has 0 heterocycles. The maximum atomic E-state index is 11.3. The maximum Gasteiger partial charge on any atom is 0.303 e. The quantitative estimate of drug-likeness (QED) is 0.702. The molecule has 92 valence electrons. The standard InChI is InChI=1S/C10H17NO4S/c1-3-8(6-11-7(2)12)16-10(15)5-4-9(13)14/h8H,3-6H2,1-2H3,(H,11,12)(H,13,14). The molecule has 1 atom stereocenters. The van der Waals surface area contributed by atoms with Crippen LogP contribution in [0.25, 0.3) is 0 Å². The number of rotatable bonds is 7. The Bertz CT molecular complexity index is 268. The van der Waals surface area contributed by atoms with Gasteiger partial charge in [-0.15, -0.1) is 0 Å². The molecule has 1 amide bonds. The van der Waals surface area contributed by atoms with Gasteiger partial charge in [-0.3, -0.25) is 14.4 Å². The summed E-state index contributed by atoms with van der Waals surface area (Å²) in [5, 5.41) is 10.9. The first-order valence-corrected chi connectivity index (χ1v) is 5.99. The smallest absolute Gasteiger partial charge is 0.303 e. The van der Waals surface area contributed by atoms with E-state index in [1.54, 1.807) is 0 Å². The number of carboxylic acid groups (broad SMARTS) is 1. The highest BCUT2D eigenvalue weighted by molar-refractivity contribution is 8.14. The van der Waals surface area contributed by atoms with E-state index in [4.69, 9.17) is 5.11 Å². The van der Waals surface area contributed by atoms with Gasteiger partial charge in [0.2, 0.25) is 5.91 Å². The number of carbonyl (C=O) groups excluding carboxylic acids is 2. The summed E-state index contributed by atoms with van der Waals surface area (Å²) in [4.78, 5) is 32.3. The lowest BCUT2D eigenvalue weighted by Crippen LogP contribution is -2.29. The summed E-state index contributed by atoms with van der Waals surface area (Å²) >= 11 is 1.11. The summed E-state index contributed by atoms with van der Waals surface area (Å²) in [5.41, 5.74) is 0. The number of carbonyl (C=O) groups is 3. The van der Waals surface area contributed by atoms with E-state index < -0.39 is 5.97 Å². The number of nitrogens with one attached hydrogen (secondary N) is 1. The summed E-state index contributed by atoms with van der Waals surface area (Å²) in [6, 6.07) is 0. The lowest BCUT2D eigenvalue weighted by molar-refractivity contribution is -0.138. The SMILES string of the molecule is CCC(CNC(C)=O)SC(=O)CCC(=O)O. The average molecular weight is 247 g/mol. The first-order chi connectivity index (χ1) is 7.45. The first-order valence-electron chi connectivity index (χ1n) is 5.11. The largest absolute Gasteiger partial charge is 0.481 e. The minimum atomic E-state index is -0.969. The third kappa shape index (κ3) is 8.28. The van der Waals surface area contributed by atoms with Crippen molar-refractivity contribution in [3.05, 3.63) is 0 Å². The molecule has 0 aliphatic rings. The van der Waals surface area contributed by atoms with Crippen LogP contribution in [0.15, 0.2) is 0 Å². The van der Waals surface area contributed by atoms with E-state index in [0.29, 0.717) is 6.54 Å². The fourth-order valence-electron chi connectivity index (χ4n) is 0.981. The van der Waals surface area contributed by atoms with Gasteiger partial charge in [0.1, 0.15) is 0 Å². The number of amides is 1. The van der Waals surface area contributed by atoms with E-state index in [1.807, 2.05) is 6.92 Å². The normalized spacial score (nSPS) is 11.9. The van der Waals surface area contributed by atoms with Crippen molar-refractivity contribution in [2.45, 2.75) is 38.4 Å². The van der Waals surface area contributed by atoms with E-state index in [1.165, 1.54) is 6.92 Å². The molecule has 5 nitrogen and oxygen atoms in total. The lowest BCUT2D eigenvalue weighted by atomic mass is 10.3. The van der Waals surface area contributed by atoms with Gasteiger partial charge < -0.3 is 10.4 Å². The minimum absolute atomic E-state index is 0.0187. The average Bonchev–Trinajstić information content (AvgIpc) is 2.20. The molecule has 0 rings (SSSR count). The number of hydrogen-bond acceptors (Lipinski definition) is 4. The predicted molar refractivity (Wildman–Crippen MR) is 62.2 cm³/mol. The summed E-state index contributed by atoms with van der Waals surface area (Å²) in [6.45, 7) is 3.78. The van der Waals surface area contributed by atoms with E-state index in [9.17, 15) is 14.4 Å². The maximum absolute atomic E-state index is 11.3. The van der Waals surface area contributed by atoms with Crippen molar-refractivity contribution in [2.24, 2.45) is 0 Å². The number of hydrogen-bond donors (Lipinski definition) is 2. The van der Waals surface area contributed by atoms with Crippen LogP contribution in [0, 0.1) is 0 Å². The Hall–Kier alpha value is -1.04. The number of aliphatic carboxylic acids is 1. The highest BCUT2D eigenvalue weighted by atomic mass is 32.2. The van der Waals surface area contributed by atoms with E-state index in [2.05, 4.69) is 5.32 Å². The molecular weight excluding hydrogens is 230 g/mol. The van der Waals surface area contributed by atoms with Crippen LogP contribution in [-0.4, -0.2) is 33.9 Å². The van der Waals surface area contributed by atoms with Crippen molar-refractivity contribution in [1.29, 1.82) is 0 Å². The van der Waals surface area contributed by atoms with Gasteiger partial charge in [0.15, 0.2) is 5.12 Å². The third-order valence-corrected chi connectivity index (χ3v) is 3.18. The Morgan fingerprint density at radius 1 is 1.31 bits per heavy atom. The van der Waals surface area contributed by atoms with Gasteiger partial charge in [-0.2, -0.15) is 0 Å². The van der Waals surface area contributed by atoms with Crippen molar-refractivity contribution in [2.75, 3.05) is 6.54 Å². The molecule has 0 aliphatic carbocycles. The zero-order chi connectivity index (χ0) is 12.6. The van der Waals surface area contributed by atoms with Gasteiger partial charge in [0.25, 0.3) is 0 Å².